The lowest BCUT2D eigenvalue weighted by atomic mass is 10.0. The Balaban J connectivity index is 1.88. The number of rotatable bonds is 4. The van der Waals surface area contributed by atoms with Crippen LogP contribution in [0, 0.1) is 6.92 Å². The van der Waals surface area contributed by atoms with E-state index < -0.39 is 29.9 Å². The van der Waals surface area contributed by atoms with Gasteiger partial charge in [-0.3, -0.25) is 4.79 Å². The predicted molar refractivity (Wildman–Crippen MR) is 97.5 cm³/mol. The van der Waals surface area contributed by atoms with Gasteiger partial charge in [0.05, 0.1) is 12.1 Å². The Morgan fingerprint density at radius 1 is 1.19 bits per heavy atom. The first-order valence-electron chi connectivity index (χ1n) is 9.45. The van der Waals surface area contributed by atoms with E-state index in [1.165, 1.54) is 6.08 Å². The standard InChI is InChI=1S/C19H19F6N5O/c1-12-26-28-30(27-12)11-14-10-15(18(20,21)22)7-5-13(14)6-8-17(31)29-9-3-2-4-16(29)19(23,24)25/h5-8,10,16H,2-4,9,11H2,1H3/b8-6+/t16-/m0/s1. The molecule has 2 aromatic rings. The second kappa shape index (κ2) is 8.67. The first kappa shape index (κ1) is 22.8. The van der Waals surface area contributed by atoms with E-state index in [1.807, 2.05) is 0 Å². The zero-order valence-corrected chi connectivity index (χ0v) is 16.4. The Hall–Kier alpha value is -2.92. The smallest absolute Gasteiger partial charge is 0.327 e. The summed E-state index contributed by atoms with van der Waals surface area (Å²) in [6.07, 6.45) is -6.32. The van der Waals surface area contributed by atoms with E-state index in [0.29, 0.717) is 18.7 Å². The van der Waals surface area contributed by atoms with Crippen LogP contribution in [-0.4, -0.2) is 49.8 Å². The Morgan fingerprint density at radius 3 is 2.55 bits per heavy atom. The lowest BCUT2D eigenvalue weighted by Gasteiger charge is -2.36. The Labute approximate surface area is 173 Å². The lowest BCUT2D eigenvalue weighted by Crippen LogP contribution is -2.50. The van der Waals surface area contributed by atoms with Gasteiger partial charge in [0.1, 0.15) is 6.04 Å². The number of aryl methyl sites for hydroxylation is 1. The number of carbonyl (C=O) groups is 1. The number of halogens is 6. The second-order valence-corrected chi connectivity index (χ2v) is 7.20. The Kier molecular flexibility index (Phi) is 6.37. The number of piperidine rings is 1. The molecule has 1 aliphatic heterocycles. The van der Waals surface area contributed by atoms with Crippen LogP contribution >= 0.6 is 0 Å². The van der Waals surface area contributed by atoms with Crippen molar-refractivity contribution in [3.8, 4) is 0 Å². The molecule has 31 heavy (non-hydrogen) atoms. The van der Waals surface area contributed by atoms with Gasteiger partial charge in [-0.15, -0.1) is 10.2 Å². The maximum Gasteiger partial charge on any atom is 0.416 e. The molecule has 1 aromatic heterocycles. The van der Waals surface area contributed by atoms with Crippen LogP contribution in [0.4, 0.5) is 26.3 Å². The van der Waals surface area contributed by atoms with Gasteiger partial charge in [0.2, 0.25) is 5.91 Å². The molecule has 1 aliphatic rings. The molecule has 1 aromatic carbocycles. The molecule has 3 rings (SSSR count). The van der Waals surface area contributed by atoms with Gasteiger partial charge in [-0.05, 0) is 60.7 Å². The molecule has 0 N–H and O–H groups in total. The molecule has 2 heterocycles. The normalized spacial score (nSPS) is 18.0. The van der Waals surface area contributed by atoms with Crippen molar-refractivity contribution in [2.45, 2.75) is 51.1 Å². The highest BCUT2D eigenvalue weighted by atomic mass is 19.4. The quantitative estimate of drug-likeness (QED) is 0.525. The zero-order valence-electron chi connectivity index (χ0n) is 16.4. The molecule has 0 unspecified atom stereocenters. The number of tetrazole rings is 1. The van der Waals surface area contributed by atoms with Crippen LogP contribution in [0.25, 0.3) is 6.08 Å². The van der Waals surface area contributed by atoms with Gasteiger partial charge in [0.25, 0.3) is 0 Å². The summed E-state index contributed by atoms with van der Waals surface area (Å²) in [7, 11) is 0. The van der Waals surface area contributed by atoms with Crippen LogP contribution in [0.2, 0.25) is 0 Å². The maximum absolute atomic E-state index is 13.2. The number of likely N-dealkylation sites (tertiary alicyclic amines) is 1. The summed E-state index contributed by atoms with van der Waals surface area (Å²) in [6.45, 7) is 1.37. The molecule has 0 bridgehead atoms. The first-order valence-corrected chi connectivity index (χ1v) is 9.45. The van der Waals surface area contributed by atoms with Gasteiger partial charge < -0.3 is 4.90 Å². The van der Waals surface area contributed by atoms with Crippen molar-refractivity contribution in [1.82, 2.24) is 25.1 Å². The highest BCUT2D eigenvalue weighted by Gasteiger charge is 2.45. The van der Waals surface area contributed by atoms with Crippen LogP contribution in [0.15, 0.2) is 24.3 Å². The highest BCUT2D eigenvalue weighted by Crippen LogP contribution is 2.33. The molecule has 0 spiro atoms. The molecule has 1 amide bonds. The number of hydrogen-bond donors (Lipinski definition) is 0. The fraction of sp³-hybridized carbons (Fsp3) is 0.474. The number of amides is 1. The largest absolute Gasteiger partial charge is 0.416 e. The fourth-order valence-electron chi connectivity index (χ4n) is 3.42. The Morgan fingerprint density at radius 2 is 1.94 bits per heavy atom. The van der Waals surface area contributed by atoms with Crippen LogP contribution < -0.4 is 0 Å². The molecule has 1 fully saturated rings. The third kappa shape index (κ3) is 5.61. The van der Waals surface area contributed by atoms with Gasteiger partial charge in [0, 0.05) is 12.6 Å². The average Bonchev–Trinajstić information content (AvgIpc) is 3.10. The van der Waals surface area contributed by atoms with Gasteiger partial charge in [-0.25, -0.2) is 0 Å². The van der Waals surface area contributed by atoms with Gasteiger partial charge in [-0.1, -0.05) is 6.07 Å². The van der Waals surface area contributed by atoms with Gasteiger partial charge in [0.15, 0.2) is 5.82 Å². The molecule has 12 heteroatoms. The monoisotopic (exact) mass is 447 g/mol. The summed E-state index contributed by atoms with van der Waals surface area (Å²) in [5, 5.41) is 11.3. The minimum absolute atomic E-state index is 0.0324. The number of carbonyl (C=O) groups excluding carboxylic acids is 1. The highest BCUT2D eigenvalue weighted by molar-refractivity contribution is 5.92. The fourth-order valence-corrected chi connectivity index (χ4v) is 3.42. The van der Waals surface area contributed by atoms with Crippen LogP contribution in [0.5, 0.6) is 0 Å². The first-order chi connectivity index (χ1) is 14.4. The average molecular weight is 447 g/mol. The third-order valence-corrected chi connectivity index (χ3v) is 4.90. The van der Waals surface area contributed by atoms with Gasteiger partial charge in [-0.2, -0.15) is 31.1 Å². The van der Waals surface area contributed by atoms with Crippen LogP contribution in [-0.2, 0) is 17.5 Å². The molecule has 0 radical (unpaired) electrons. The van der Waals surface area contributed by atoms with Crippen molar-refractivity contribution in [1.29, 1.82) is 0 Å². The van der Waals surface area contributed by atoms with E-state index in [-0.39, 0.29) is 30.6 Å². The number of alkyl halides is 6. The molecule has 0 saturated carbocycles. The zero-order chi connectivity index (χ0) is 22.8. The number of nitrogens with zero attached hydrogens (tertiary/aromatic N) is 5. The van der Waals surface area contributed by atoms with E-state index in [4.69, 9.17) is 0 Å². The number of benzene rings is 1. The van der Waals surface area contributed by atoms with Crippen molar-refractivity contribution < 1.29 is 31.1 Å². The van der Waals surface area contributed by atoms with E-state index in [9.17, 15) is 31.1 Å². The minimum atomic E-state index is -4.59. The number of hydrogen-bond acceptors (Lipinski definition) is 4. The maximum atomic E-state index is 13.2. The van der Waals surface area contributed by atoms with Crippen molar-refractivity contribution in [3.05, 3.63) is 46.8 Å². The Bertz CT molecular complexity index is 965. The minimum Gasteiger partial charge on any atom is -0.327 e. The van der Waals surface area contributed by atoms with Crippen molar-refractivity contribution >= 4 is 12.0 Å². The molecular weight excluding hydrogens is 428 g/mol. The van der Waals surface area contributed by atoms with E-state index in [0.717, 1.165) is 34.0 Å². The molecule has 6 nitrogen and oxygen atoms in total. The molecule has 168 valence electrons. The van der Waals surface area contributed by atoms with Crippen molar-refractivity contribution in [3.63, 3.8) is 0 Å². The van der Waals surface area contributed by atoms with Crippen LogP contribution in [0.3, 0.4) is 0 Å². The van der Waals surface area contributed by atoms with Crippen molar-refractivity contribution in [2.75, 3.05) is 6.54 Å². The molecule has 0 aliphatic carbocycles. The summed E-state index contributed by atoms with van der Waals surface area (Å²) in [6, 6.07) is 1.02. The topological polar surface area (TPSA) is 63.9 Å². The summed E-state index contributed by atoms with van der Waals surface area (Å²) in [4.78, 5) is 14.3. The lowest BCUT2D eigenvalue weighted by molar-refractivity contribution is -0.193. The molecule has 1 saturated heterocycles. The van der Waals surface area contributed by atoms with Gasteiger partial charge >= 0.3 is 12.4 Å². The van der Waals surface area contributed by atoms with Crippen molar-refractivity contribution in [2.24, 2.45) is 0 Å². The van der Waals surface area contributed by atoms with Crippen LogP contribution in [0.1, 0.15) is 41.8 Å². The van der Waals surface area contributed by atoms with E-state index >= 15 is 0 Å². The van der Waals surface area contributed by atoms with E-state index in [2.05, 4.69) is 15.4 Å². The van der Waals surface area contributed by atoms with E-state index in [1.54, 1.807) is 6.92 Å². The molecule has 1 atom stereocenters. The SMILES string of the molecule is Cc1nnn(Cc2cc(C(F)(F)F)ccc2/C=C/C(=O)N2CCCC[C@H]2C(F)(F)F)n1. The summed E-state index contributed by atoms with van der Waals surface area (Å²) in [5.41, 5.74) is -0.532. The number of aromatic nitrogens is 4. The summed E-state index contributed by atoms with van der Waals surface area (Å²) in [5.74, 6) is -0.523. The third-order valence-electron chi connectivity index (χ3n) is 4.90. The predicted octanol–water partition coefficient (Wildman–Crippen LogP) is 4.01. The molecular formula is C19H19F6N5O. The summed E-state index contributed by atoms with van der Waals surface area (Å²) < 4.78 is 79.1. The second-order valence-electron chi connectivity index (χ2n) is 7.20. The summed E-state index contributed by atoms with van der Waals surface area (Å²) >= 11 is 0.